The molecule has 0 aliphatic heterocycles. The second kappa shape index (κ2) is 4.92. The number of benzene rings is 1. The van der Waals surface area contributed by atoms with E-state index in [0.29, 0.717) is 5.56 Å². The predicted molar refractivity (Wildman–Crippen MR) is 69.8 cm³/mol. The summed E-state index contributed by atoms with van der Waals surface area (Å²) in [6.45, 7) is 3.50. The quantitative estimate of drug-likeness (QED) is 0.805. The van der Waals surface area contributed by atoms with E-state index in [0.717, 1.165) is 16.5 Å². The van der Waals surface area contributed by atoms with E-state index in [1.807, 2.05) is 29.7 Å². The van der Waals surface area contributed by atoms with Gasteiger partial charge in [-0.2, -0.15) is 0 Å². The van der Waals surface area contributed by atoms with E-state index in [1.165, 1.54) is 6.92 Å². The standard InChI is InChI=1S/C14H17NO3/c1-9-3-4-14-12(5-9)13(10(2)17)7-15(14)6-11(18)8-16/h3-5,7,11,16,18H,6,8H2,1-2H3. The molecule has 96 valence electrons. The van der Waals surface area contributed by atoms with Gasteiger partial charge in [0.15, 0.2) is 5.78 Å². The second-order valence-electron chi connectivity index (χ2n) is 4.61. The third-order valence-corrected chi connectivity index (χ3v) is 3.03. The summed E-state index contributed by atoms with van der Waals surface area (Å²) in [6, 6.07) is 5.86. The molecule has 0 spiro atoms. The van der Waals surface area contributed by atoms with E-state index in [-0.39, 0.29) is 18.9 Å². The van der Waals surface area contributed by atoms with E-state index in [1.54, 1.807) is 6.20 Å². The van der Waals surface area contributed by atoms with E-state index >= 15 is 0 Å². The Morgan fingerprint density at radius 3 is 2.78 bits per heavy atom. The van der Waals surface area contributed by atoms with E-state index in [2.05, 4.69) is 0 Å². The van der Waals surface area contributed by atoms with Gasteiger partial charge in [-0.25, -0.2) is 0 Å². The van der Waals surface area contributed by atoms with Gasteiger partial charge >= 0.3 is 0 Å². The molecule has 1 aromatic carbocycles. The van der Waals surface area contributed by atoms with Crippen molar-refractivity contribution < 1.29 is 15.0 Å². The summed E-state index contributed by atoms with van der Waals surface area (Å²) in [4.78, 5) is 11.6. The number of Topliss-reactive ketones (excluding diaryl/α,β-unsaturated/α-hetero) is 1. The monoisotopic (exact) mass is 247 g/mol. The fourth-order valence-electron chi connectivity index (χ4n) is 2.13. The Kier molecular flexibility index (Phi) is 3.50. The number of carbonyl (C=O) groups is 1. The van der Waals surface area contributed by atoms with Crippen molar-refractivity contribution in [3.63, 3.8) is 0 Å². The maximum atomic E-state index is 11.6. The minimum absolute atomic E-state index is 0.00263. The molecule has 0 aliphatic carbocycles. The predicted octanol–water partition coefficient (Wildman–Crippen LogP) is 1.51. The lowest BCUT2D eigenvalue weighted by Crippen LogP contribution is -2.19. The largest absolute Gasteiger partial charge is 0.394 e. The fourth-order valence-corrected chi connectivity index (χ4v) is 2.13. The van der Waals surface area contributed by atoms with Crippen LogP contribution in [0.2, 0.25) is 0 Å². The number of hydrogen-bond acceptors (Lipinski definition) is 3. The minimum Gasteiger partial charge on any atom is -0.394 e. The van der Waals surface area contributed by atoms with Gasteiger partial charge in [-0.05, 0) is 26.0 Å². The maximum Gasteiger partial charge on any atom is 0.161 e. The van der Waals surface area contributed by atoms with Gasteiger partial charge in [0.1, 0.15) is 0 Å². The lowest BCUT2D eigenvalue weighted by atomic mass is 10.1. The summed E-state index contributed by atoms with van der Waals surface area (Å²) in [5.41, 5.74) is 2.64. The van der Waals surface area contributed by atoms with Crippen molar-refractivity contribution in [3.8, 4) is 0 Å². The SMILES string of the molecule is CC(=O)c1cn(CC(O)CO)c2ccc(C)cc12. The van der Waals surface area contributed by atoms with Gasteiger partial charge in [-0.15, -0.1) is 0 Å². The van der Waals surface area contributed by atoms with Crippen LogP contribution in [-0.2, 0) is 6.54 Å². The summed E-state index contributed by atoms with van der Waals surface area (Å²) in [5.74, 6) is 0.00263. The van der Waals surface area contributed by atoms with E-state index in [9.17, 15) is 9.90 Å². The van der Waals surface area contributed by atoms with Crippen LogP contribution < -0.4 is 0 Å². The summed E-state index contributed by atoms with van der Waals surface area (Å²) in [5, 5.41) is 19.3. The summed E-state index contributed by atoms with van der Waals surface area (Å²) in [7, 11) is 0. The zero-order valence-electron chi connectivity index (χ0n) is 10.6. The van der Waals surface area contributed by atoms with Crippen LogP contribution in [0.1, 0.15) is 22.8 Å². The Morgan fingerprint density at radius 2 is 2.17 bits per heavy atom. The number of rotatable bonds is 4. The van der Waals surface area contributed by atoms with Gasteiger partial charge in [0, 0.05) is 22.7 Å². The Morgan fingerprint density at radius 1 is 1.44 bits per heavy atom. The molecule has 4 heteroatoms. The van der Waals surface area contributed by atoms with Crippen LogP contribution >= 0.6 is 0 Å². The molecular weight excluding hydrogens is 230 g/mol. The number of ketones is 1. The molecule has 4 nitrogen and oxygen atoms in total. The summed E-state index contributed by atoms with van der Waals surface area (Å²) >= 11 is 0. The number of fused-ring (bicyclic) bond motifs is 1. The first-order chi connectivity index (χ1) is 8.52. The molecule has 2 rings (SSSR count). The number of aromatic nitrogens is 1. The normalized spacial score (nSPS) is 12.9. The second-order valence-corrected chi connectivity index (χ2v) is 4.61. The van der Waals surface area contributed by atoms with Crippen LogP contribution in [0.4, 0.5) is 0 Å². The fraction of sp³-hybridized carbons (Fsp3) is 0.357. The minimum atomic E-state index is -0.818. The molecule has 2 N–H and O–H groups in total. The van der Waals surface area contributed by atoms with Gasteiger partial charge in [0.05, 0.1) is 19.3 Å². The lowest BCUT2D eigenvalue weighted by Gasteiger charge is -2.09. The van der Waals surface area contributed by atoms with Crippen molar-refractivity contribution in [3.05, 3.63) is 35.5 Å². The zero-order chi connectivity index (χ0) is 13.3. The van der Waals surface area contributed by atoms with Crippen LogP contribution in [0.5, 0.6) is 0 Å². The van der Waals surface area contributed by atoms with Crippen molar-refractivity contribution in [2.24, 2.45) is 0 Å². The molecule has 1 aromatic heterocycles. The lowest BCUT2D eigenvalue weighted by molar-refractivity contribution is 0.0821. The molecule has 0 amide bonds. The first-order valence-corrected chi connectivity index (χ1v) is 5.92. The van der Waals surface area contributed by atoms with Crippen molar-refractivity contribution >= 4 is 16.7 Å². The molecule has 0 saturated heterocycles. The third kappa shape index (κ3) is 2.30. The van der Waals surface area contributed by atoms with Crippen molar-refractivity contribution in [2.45, 2.75) is 26.5 Å². The molecule has 1 atom stereocenters. The molecule has 0 radical (unpaired) electrons. The Balaban J connectivity index is 2.57. The van der Waals surface area contributed by atoms with Gasteiger partial charge in [-0.3, -0.25) is 4.79 Å². The van der Waals surface area contributed by atoms with E-state index < -0.39 is 6.10 Å². The summed E-state index contributed by atoms with van der Waals surface area (Å²) < 4.78 is 1.81. The first kappa shape index (κ1) is 12.8. The molecule has 2 aromatic rings. The molecule has 0 bridgehead atoms. The van der Waals surface area contributed by atoms with Crippen LogP contribution in [0.3, 0.4) is 0 Å². The van der Waals surface area contributed by atoms with Crippen LogP contribution in [0.25, 0.3) is 10.9 Å². The van der Waals surface area contributed by atoms with Gasteiger partial charge in [0.2, 0.25) is 0 Å². The molecule has 1 heterocycles. The number of aliphatic hydroxyl groups excluding tert-OH is 2. The zero-order valence-corrected chi connectivity index (χ0v) is 10.6. The highest BCUT2D eigenvalue weighted by atomic mass is 16.3. The van der Waals surface area contributed by atoms with Crippen molar-refractivity contribution in [2.75, 3.05) is 6.61 Å². The molecule has 18 heavy (non-hydrogen) atoms. The van der Waals surface area contributed by atoms with Crippen LogP contribution in [0, 0.1) is 6.92 Å². The van der Waals surface area contributed by atoms with Gasteiger partial charge in [0.25, 0.3) is 0 Å². The Bertz CT molecular complexity index is 586. The van der Waals surface area contributed by atoms with Gasteiger partial charge < -0.3 is 14.8 Å². The Hall–Kier alpha value is -1.65. The average Bonchev–Trinajstić information content (AvgIpc) is 2.67. The number of nitrogens with zero attached hydrogens (tertiary/aromatic N) is 1. The molecule has 0 aliphatic rings. The van der Waals surface area contributed by atoms with Crippen LogP contribution in [-0.4, -0.2) is 33.3 Å². The van der Waals surface area contributed by atoms with Crippen LogP contribution in [0.15, 0.2) is 24.4 Å². The topological polar surface area (TPSA) is 62.5 Å². The summed E-state index contributed by atoms with van der Waals surface area (Å²) in [6.07, 6.45) is 0.924. The highest BCUT2D eigenvalue weighted by molar-refractivity contribution is 6.07. The molecule has 1 unspecified atom stereocenters. The smallest absolute Gasteiger partial charge is 0.161 e. The number of aryl methyl sites for hydroxylation is 1. The number of aliphatic hydroxyl groups is 2. The van der Waals surface area contributed by atoms with Crippen molar-refractivity contribution in [1.29, 1.82) is 0 Å². The highest BCUT2D eigenvalue weighted by Crippen LogP contribution is 2.23. The molecule has 0 saturated carbocycles. The number of carbonyl (C=O) groups excluding carboxylic acids is 1. The van der Waals surface area contributed by atoms with Gasteiger partial charge in [-0.1, -0.05) is 11.6 Å². The maximum absolute atomic E-state index is 11.6. The molecule has 0 fully saturated rings. The third-order valence-electron chi connectivity index (χ3n) is 3.03. The number of hydrogen-bond donors (Lipinski definition) is 2. The first-order valence-electron chi connectivity index (χ1n) is 5.92. The Labute approximate surface area is 105 Å². The van der Waals surface area contributed by atoms with Crippen molar-refractivity contribution in [1.82, 2.24) is 4.57 Å². The molecular formula is C14H17NO3. The van der Waals surface area contributed by atoms with E-state index in [4.69, 9.17) is 5.11 Å². The average molecular weight is 247 g/mol. The highest BCUT2D eigenvalue weighted by Gasteiger charge is 2.13.